The molecule has 0 radical (unpaired) electrons. The number of carbonyl (C=O) groups excluding carboxylic acids is 1. The Morgan fingerprint density at radius 3 is 2.71 bits per heavy atom. The van der Waals surface area contributed by atoms with Gasteiger partial charge in [0.25, 0.3) is 0 Å². The van der Waals surface area contributed by atoms with Crippen LogP contribution in [0.3, 0.4) is 0 Å². The zero-order chi connectivity index (χ0) is 12.1. The summed E-state index contributed by atoms with van der Waals surface area (Å²) in [6, 6.07) is 3.73. The highest BCUT2D eigenvalue weighted by atomic mass is 16.1. The third-order valence-corrected chi connectivity index (χ3v) is 2.83. The summed E-state index contributed by atoms with van der Waals surface area (Å²) >= 11 is 0. The molecule has 0 saturated carbocycles. The molecule has 92 valence electrons. The molecule has 5 nitrogen and oxygen atoms in total. The molecule has 1 aliphatic rings. The van der Waals surface area contributed by atoms with Crippen molar-refractivity contribution in [2.24, 2.45) is 0 Å². The van der Waals surface area contributed by atoms with Gasteiger partial charge in [-0.05, 0) is 31.4 Å². The van der Waals surface area contributed by atoms with E-state index in [9.17, 15) is 4.79 Å². The Bertz CT molecular complexity index is 371. The molecule has 0 unspecified atom stereocenters. The zero-order valence-corrected chi connectivity index (χ0v) is 10.1. The second-order valence-corrected chi connectivity index (χ2v) is 4.27. The lowest BCUT2D eigenvalue weighted by molar-refractivity contribution is -0.116. The van der Waals surface area contributed by atoms with Crippen molar-refractivity contribution in [1.82, 2.24) is 10.2 Å². The van der Waals surface area contributed by atoms with E-state index in [-0.39, 0.29) is 5.91 Å². The first-order valence-electron chi connectivity index (χ1n) is 6.18. The molecule has 1 aliphatic heterocycles. The Kier molecular flexibility index (Phi) is 3.90. The quantitative estimate of drug-likeness (QED) is 0.863. The van der Waals surface area contributed by atoms with E-state index >= 15 is 0 Å². The molecule has 0 bridgehead atoms. The summed E-state index contributed by atoms with van der Waals surface area (Å²) in [4.78, 5) is 13.6. The van der Waals surface area contributed by atoms with Crippen molar-refractivity contribution in [1.29, 1.82) is 0 Å². The SMILES string of the molecule is CCCC(=O)Nc1ccc(N2CCCC2)nn1. The summed E-state index contributed by atoms with van der Waals surface area (Å²) < 4.78 is 0. The van der Waals surface area contributed by atoms with Gasteiger partial charge in [0, 0.05) is 19.5 Å². The van der Waals surface area contributed by atoms with Crippen LogP contribution in [0.5, 0.6) is 0 Å². The van der Waals surface area contributed by atoms with Gasteiger partial charge in [-0.1, -0.05) is 6.92 Å². The fourth-order valence-electron chi connectivity index (χ4n) is 1.94. The number of hydrogen-bond donors (Lipinski definition) is 1. The van der Waals surface area contributed by atoms with Gasteiger partial charge in [0.1, 0.15) is 0 Å². The van der Waals surface area contributed by atoms with Gasteiger partial charge in [-0.15, -0.1) is 10.2 Å². The van der Waals surface area contributed by atoms with Crippen LogP contribution in [0.15, 0.2) is 12.1 Å². The van der Waals surface area contributed by atoms with Crippen LogP contribution in [-0.2, 0) is 4.79 Å². The predicted octanol–water partition coefficient (Wildman–Crippen LogP) is 1.82. The topological polar surface area (TPSA) is 58.1 Å². The maximum atomic E-state index is 11.4. The molecule has 0 aliphatic carbocycles. The Labute approximate surface area is 101 Å². The monoisotopic (exact) mass is 234 g/mol. The second-order valence-electron chi connectivity index (χ2n) is 4.27. The third kappa shape index (κ3) is 3.15. The molecule has 17 heavy (non-hydrogen) atoms. The van der Waals surface area contributed by atoms with Crippen molar-refractivity contribution < 1.29 is 4.79 Å². The number of hydrogen-bond acceptors (Lipinski definition) is 4. The summed E-state index contributed by atoms with van der Waals surface area (Å²) in [6.45, 7) is 4.08. The fraction of sp³-hybridized carbons (Fsp3) is 0.583. The average Bonchev–Trinajstić information content (AvgIpc) is 2.84. The average molecular weight is 234 g/mol. The third-order valence-electron chi connectivity index (χ3n) is 2.83. The highest BCUT2D eigenvalue weighted by Crippen LogP contribution is 2.17. The van der Waals surface area contributed by atoms with Gasteiger partial charge in [-0.25, -0.2) is 0 Å². The first-order chi connectivity index (χ1) is 8.29. The van der Waals surface area contributed by atoms with Gasteiger partial charge in [0.15, 0.2) is 11.6 Å². The molecule has 1 aromatic heterocycles. The molecule has 0 spiro atoms. The summed E-state index contributed by atoms with van der Waals surface area (Å²) in [5, 5.41) is 10.9. The lowest BCUT2D eigenvalue weighted by atomic mass is 10.3. The van der Waals surface area contributed by atoms with Crippen LogP contribution in [0.4, 0.5) is 11.6 Å². The summed E-state index contributed by atoms with van der Waals surface area (Å²) in [7, 11) is 0. The largest absolute Gasteiger partial charge is 0.355 e. The van der Waals surface area contributed by atoms with Crippen LogP contribution < -0.4 is 10.2 Å². The molecule has 1 saturated heterocycles. The van der Waals surface area contributed by atoms with E-state index in [4.69, 9.17) is 0 Å². The van der Waals surface area contributed by atoms with Gasteiger partial charge in [-0.3, -0.25) is 4.79 Å². The Hall–Kier alpha value is -1.65. The Morgan fingerprint density at radius 2 is 2.12 bits per heavy atom. The van der Waals surface area contributed by atoms with Gasteiger partial charge < -0.3 is 10.2 Å². The number of carbonyl (C=O) groups is 1. The predicted molar refractivity (Wildman–Crippen MR) is 67.0 cm³/mol. The van der Waals surface area contributed by atoms with Gasteiger partial charge in [-0.2, -0.15) is 0 Å². The lowest BCUT2D eigenvalue weighted by Gasteiger charge is -2.15. The number of rotatable bonds is 4. The van der Waals surface area contributed by atoms with Crippen LogP contribution in [0.25, 0.3) is 0 Å². The Balaban J connectivity index is 1.95. The minimum absolute atomic E-state index is 0.00396. The molecule has 2 rings (SSSR count). The van der Waals surface area contributed by atoms with Crippen LogP contribution in [-0.4, -0.2) is 29.2 Å². The van der Waals surface area contributed by atoms with Crippen LogP contribution in [0, 0.1) is 0 Å². The molecule has 1 amide bonds. The van der Waals surface area contributed by atoms with Gasteiger partial charge in [0.05, 0.1) is 0 Å². The fourth-order valence-corrected chi connectivity index (χ4v) is 1.94. The molecule has 5 heteroatoms. The standard InChI is InChI=1S/C12H18N4O/c1-2-5-12(17)13-10-6-7-11(15-14-10)16-8-3-4-9-16/h6-7H,2-5,8-9H2,1H3,(H,13,14,17). The second kappa shape index (κ2) is 5.61. The molecule has 0 aromatic carbocycles. The molecule has 2 heterocycles. The lowest BCUT2D eigenvalue weighted by Crippen LogP contribution is -2.20. The molecule has 1 fully saturated rings. The van der Waals surface area contributed by atoms with E-state index in [0.29, 0.717) is 12.2 Å². The minimum atomic E-state index is -0.00396. The van der Waals surface area contributed by atoms with Crippen molar-refractivity contribution in [2.75, 3.05) is 23.3 Å². The molecular formula is C12H18N4O. The van der Waals surface area contributed by atoms with Crippen LogP contribution in [0.1, 0.15) is 32.6 Å². The first-order valence-corrected chi connectivity index (χ1v) is 6.18. The first kappa shape index (κ1) is 11.8. The number of anilines is 2. The van der Waals surface area contributed by atoms with E-state index in [2.05, 4.69) is 20.4 Å². The number of nitrogens with zero attached hydrogens (tertiary/aromatic N) is 3. The van der Waals surface area contributed by atoms with E-state index in [1.807, 2.05) is 19.1 Å². The molecule has 1 aromatic rings. The van der Waals surface area contributed by atoms with E-state index in [0.717, 1.165) is 25.3 Å². The highest BCUT2D eigenvalue weighted by molar-refractivity contribution is 5.89. The number of nitrogens with one attached hydrogen (secondary N) is 1. The van der Waals surface area contributed by atoms with E-state index < -0.39 is 0 Å². The Morgan fingerprint density at radius 1 is 1.35 bits per heavy atom. The van der Waals surface area contributed by atoms with Crippen molar-refractivity contribution in [3.63, 3.8) is 0 Å². The maximum Gasteiger partial charge on any atom is 0.225 e. The van der Waals surface area contributed by atoms with Crippen molar-refractivity contribution in [2.45, 2.75) is 32.6 Å². The molecular weight excluding hydrogens is 216 g/mol. The van der Waals surface area contributed by atoms with Crippen molar-refractivity contribution in [3.05, 3.63) is 12.1 Å². The number of amides is 1. The number of aromatic nitrogens is 2. The smallest absolute Gasteiger partial charge is 0.225 e. The van der Waals surface area contributed by atoms with E-state index in [1.54, 1.807) is 0 Å². The van der Waals surface area contributed by atoms with E-state index in [1.165, 1.54) is 12.8 Å². The molecule has 1 N–H and O–H groups in total. The minimum Gasteiger partial charge on any atom is -0.355 e. The van der Waals surface area contributed by atoms with Crippen LogP contribution >= 0.6 is 0 Å². The van der Waals surface area contributed by atoms with Gasteiger partial charge in [0.2, 0.25) is 5.91 Å². The van der Waals surface area contributed by atoms with Gasteiger partial charge >= 0.3 is 0 Å². The van der Waals surface area contributed by atoms with Crippen molar-refractivity contribution >= 4 is 17.5 Å². The summed E-state index contributed by atoms with van der Waals surface area (Å²) in [6.07, 6.45) is 3.80. The highest BCUT2D eigenvalue weighted by Gasteiger charge is 2.13. The molecule has 0 atom stereocenters. The van der Waals surface area contributed by atoms with Crippen molar-refractivity contribution in [3.8, 4) is 0 Å². The summed E-state index contributed by atoms with van der Waals surface area (Å²) in [5.74, 6) is 1.43. The van der Waals surface area contributed by atoms with Crippen LogP contribution in [0.2, 0.25) is 0 Å². The zero-order valence-electron chi connectivity index (χ0n) is 10.1. The maximum absolute atomic E-state index is 11.4. The summed E-state index contributed by atoms with van der Waals surface area (Å²) in [5.41, 5.74) is 0. The normalized spacial score (nSPS) is 15.0.